The van der Waals surface area contributed by atoms with Crippen LogP contribution in [-0.2, 0) is 33.3 Å². The molecule has 2 heterocycles. The third-order valence-electron chi connectivity index (χ3n) is 12.0. The number of ketones is 2. The van der Waals surface area contributed by atoms with Gasteiger partial charge in [-0.2, -0.15) is 0 Å². The number of ether oxygens (including phenoxy) is 4. The van der Waals surface area contributed by atoms with Gasteiger partial charge in [-0.1, -0.05) is 32.4 Å². The first kappa shape index (κ1) is 27.3. The summed E-state index contributed by atoms with van der Waals surface area (Å²) in [5.74, 6) is -0.973. The molecule has 2 saturated heterocycles. The maximum Gasteiger partial charge on any atom is 0.302 e. The highest BCUT2D eigenvalue weighted by Gasteiger charge is 2.68. The molecule has 214 valence electrons. The van der Waals surface area contributed by atoms with Crippen molar-refractivity contribution in [1.82, 2.24) is 0 Å². The molecule has 7 heteroatoms. The highest BCUT2D eigenvalue weighted by atomic mass is 16.9. The normalized spacial score (nSPS) is 50.5. The molecule has 11 atom stereocenters. The largest absolute Gasteiger partial charge is 0.462 e. The third-order valence-corrected chi connectivity index (χ3v) is 12.0. The van der Waals surface area contributed by atoms with Crippen molar-refractivity contribution in [1.29, 1.82) is 0 Å². The summed E-state index contributed by atoms with van der Waals surface area (Å²) in [5, 5.41) is 0. The van der Waals surface area contributed by atoms with Gasteiger partial charge < -0.3 is 18.9 Å². The summed E-state index contributed by atoms with van der Waals surface area (Å²) in [6, 6.07) is 0. The Labute approximate surface area is 232 Å². The van der Waals surface area contributed by atoms with E-state index >= 15 is 0 Å². The number of hydrogen-bond acceptors (Lipinski definition) is 7. The zero-order valence-corrected chi connectivity index (χ0v) is 24.7. The Balaban J connectivity index is 1.34. The molecule has 0 spiro atoms. The van der Waals surface area contributed by atoms with Crippen molar-refractivity contribution in [3.05, 3.63) is 23.8 Å². The lowest BCUT2D eigenvalue weighted by molar-refractivity contribution is -0.385. The van der Waals surface area contributed by atoms with Crippen LogP contribution in [0, 0.1) is 40.4 Å². The zero-order valence-electron chi connectivity index (χ0n) is 24.7. The molecule has 4 aliphatic carbocycles. The lowest BCUT2D eigenvalue weighted by atomic mass is 9.46. The van der Waals surface area contributed by atoms with Crippen LogP contribution < -0.4 is 0 Å². The van der Waals surface area contributed by atoms with Crippen molar-refractivity contribution >= 4 is 17.5 Å². The maximum atomic E-state index is 14.0. The first-order valence-electron chi connectivity index (χ1n) is 14.7. The maximum absolute atomic E-state index is 14.0. The minimum Gasteiger partial charge on any atom is -0.462 e. The molecule has 2 aliphatic heterocycles. The highest BCUT2D eigenvalue weighted by molar-refractivity contribution is 6.01. The zero-order chi connectivity index (χ0) is 28.3. The fraction of sp³-hybridized carbons (Fsp3) is 0.781. The van der Waals surface area contributed by atoms with E-state index in [4.69, 9.17) is 18.9 Å². The van der Waals surface area contributed by atoms with Crippen LogP contribution in [0.4, 0.5) is 0 Å². The summed E-state index contributed by atoms with van der Waals surface area (Å²) in [6.45, 7) is 16.1. The summed E-state index contributed by atoms with van der Waals surface area (Å²) in [6.07, 6.45) is 8.51. The Hall–Kier alpha value is -1.83. The van der Waals surface area contributed by atoms with Gasteiger partial charge in [-0.05, 0) is 68.9 Å². The Morgan fingerprint density at radius 3 is 2.44 bits per heavy atom. The summed E-state index contributed by atoms with van der Waals surface area (Å²) in [4.78, 5) is 38.6. The van der Waals surface area contributed by atoms with Crippen LogP contribution in [-0.4, -0.2) is 46.9 Å². The van der Waals surface area contributed by atoms with Crippen LogP contribution in [0.2, 0.25) is 0 Å². The molecule has 7 nitrogen and oxygen atoms in total. The van der Waals surface area contributed by atoms with Crippen molar-refractivity contribution in [2.45, 2.75) is 117 Å². The molecule has 39 heavy (non-hydrogen) atoms. The van der Waals surface area contributed by atoms with E-state index in [2.05, 4.69) is 33.8 Å². The molecule has 0 aromatic carbocycles. The first-order chi connectivity index (χ1) is 18.0. The average Bonchev–Trinajstić information content (AvgIpc) is 3.14. The van der Waals surface area contributed by atoms with Gasteiger partial charge in [0.05, 0.1) is 11.7 Å². The van der Waals surface area contributed by atoms with E-state index in [0.29, 0.717) is 19.3 Å². The van der Waals surface area contributed by atoms with Gasteiger partial charge in [0.1, 0.15) is 17.5 Å². The number of carbonyl (C=O) groups excluding carboxylic acids is 3. The molecule has 0 N–H and O–H groups in total. The van der Waals surface area contributed by atoms with E-state index in [1.807, 2.05) is 20.8 Å². The molecule has 6 rings (SSSR count). The van der Waals surface area contributed by atoms with Gasteiger partial charge in [0.15, 0.2) is 5.78 Å². The Morgan fingerprint density at radius 2 is 1.77 bits per heavy atom. The van der Waals surface area contributed by atoms with Gasteiger partial charge in [-0.25, -0.2) is 0 Å². The molecule has 3 saturated carbocycles. The molecule has 1 unspecified atom stereocenters. The van der Waals surface area contributed by atoms with E-state index in [0.717, 1.165) is 18.4 Å². The monoisotopic (exact) mass is 540 g/mol. The third kappa shape index (κ3) is 3.82. The van der Waals surface area contributed by atoms with Crippen LogP contribution in [0.3, 0.4) is 0 Å². The van der Waals surface area contributed by atoms with Crippen LogP contribution in [0.5, 0.6) is 0 Å². The predicted molar refractivity (Wildman–Crippen MR) is 143 cm³/mol. The quantitative estimate of drug-likeness (QED) is 0.448. The molecular formula is C32H44O7. The average molecular weight is 541 g/mol. The van der Waals surface area contributed by atoms with Crippen molar-refractivity contribution in [3.63, 3.8) is 0 Å². The molecule has 0 aromatic heterocycles. The number of rotatable bonds is 3. The van der Waals surface area contributed by atoms with Gasteiger partial charge in [0, 0.05) is 50.4 Å². The predicted octanol–water partition coefficient (Wildman–Crippen LogP) is 5.31. The van der Waals surface area contributed by atoms with Gasteiger partial charge >= 0.3 is 5.97 Å². The van der Waals surface area contributed by atoms with Crippen molar-refractivity contribution in [3.8, 4) is 0 Å². The van der Waals surface area contributed by atoms with Gasteiger partial charge in [0.2, 0.25) is 0 Å². The molecule has 2 bridgehead atoms. The Kier molecular flexibility index (Phi) is 5.86. The molecule has 0 amide bonds. The summed E-state index contributed by atoms with van der Waals surface area (Å²) in [7, 11) is 0. The number of carbonyl (C=O) groups is 3. The number of allylic oxidation sites excluding steroid dienone is 3. The van der Waals surface area contributed by atoms with E-state index in [1.165, 1.54) is 6.92 Å². The van der Waals surface area contributed by atoms with Crippen molar-refractivity contribution in [2.24, 2.45) is 40.4 Å². The standard InChI is InChI=1S/C32H44O7/c1-17(25-16-31(7)28(3,4)38-32(8,37-25)39-31)27-23(35)15-22-26-21(10-12-30(22,27)6)29(5)11-9-20(34)13-19(29)14-24(26)36-18(2)33/h9,11,13,17,21-22,24-27H,10,12,14-16H2,1-8H3/t17-,21+,22+,24-,25-,26-,27+,29+,30+,31+,32?/m1/s1. The number of fused-ring (bicyclic) bond motifs is 7. The van der Waals surface area contributed by atoms with Gasteiger partial charge in [-0.3, -0.25) is 14.4 Å². The minimum atomic E-state index is -1.12. The minimum absolute atomic E-state index is 0.00643. The van der Waals surface area contributed by atoms with E-state index in [-0.39, 0.29) is 70.2 Å². The second-order valence-corrected chi connectivity index (χ2v) is 14.6. The van der Waals surface area contributed by atoms with Crippen LogP contribution in [0.15, 0.2) is 23.8 Å². The SMILES string of the molecule is CC(=O)O[C@@H]1CC2=CC(=O)C=C[C@]2(C)[C@H]2CC[C@]3(C)[C@@H]([C@H](C)[C@H]4C[C@]5(C)OC(C)(O4)OC5(C)C)C(=O)C[C@H]3[C@H]12. The highest BCUT2D eigenvalue weighted by Crippen LogP contribution is 2.67. The lowest BCUT2D eigenvalue weighted by Gasteiger charge is -2.59. The van der Waals surface area contributed by atoms with Crippen LogP contribution in [0.25, 0.3) is 0 Å². The van der Waals surface area contributed by atoms with Gasteiger partial charge in [0.25, 0.3) is 5.97 Å². The van der Waals surface area contributed by atoms with E-state index in [1.54, 1.807) is 12.2 Å². The van der Waals surface area contributed by atoms with Crippen molar-refractivity contribution in [2.75, 3.05) is 0 Å². The molecule has 5 fully saturated rings. The van der Waals surface area contributed by atoms with E-state index < -0.39 is 17.2 Å². The van der Waals surface area contributed by atoms with E-state index in [9.17, 15) is 14.4 Å². The molecule has 0 aromatic rings. The molecule has 6 aliphatic rings. The second kappa shape index (κ2) is 8.36. The van der Waals surface area contributed by atoms with Gasteiger partial charge in [-0.15, -0.1) is 0 Å². The number of hydrogen-bond donors (Lipinski definition) is 0. The van der Waals surface area contributed by atoms with Crippen molar-refractivity contribution < 1.29 is 33.3 Å². The van der Waals surface area contributed by atoms with Crippen LogP contribution in [0.1, 0.15) is 87.5 Å². The fourth-order valence-corrected chi connectivity index (χ4v) is 9.88. The smallest absolute Gasteiger partial charge is 0.302 e. The van der Waals surface area contributed by atoms with Crippen LogP contribution >= 0.6 is 0 Å². The Bertz CT molecular complexity index is 1180. The molecular weight excluding hydrogens is 496 g/mol. The Morgan fingerprint density at radius 1 is 1.05 bits per heavy atom. The number of esters is 1. The topological polar surface area (TPSA) is 88.1 Å². The fourth-order valence-electron chi connectivity index (χ4n) is 9.88. The lowest BCUT2D eigenvalue weighted by Crippen LogP contribution is -2.57. The second-order valence-electron chi connectivity index (χ2n) is 14.6. The summed E-state index contributed by atoms with van der Waals surface area (Å²) >= 11 is 0. The first-order valence-corrected chi connectivity index (χ1v) is 14.7. The summed E-state index contributed by atoms with van der Waals surface area (Å²) < 4.78 is 25.0. The number of Topliss-reactive ketones (excluding diaryl/α,β-unsaturated/α-hetero) is 1. The molecule has 0 radical (unpaired) electrons. The summed E-state index contributed by atoms with van der Waals surface area (Å²) in [5.41, 5.74) is -0.464.